The number of carbonyl (C=O) groups excluding carboxylic acids is 1. The zero-order valence-corrected chi connectivity index (χ0v) is 15.1. The molecule has 0 saturated heterocycles. The monoisotopic (exact) mass is 355 g/mol. The second kappa shape index (κ2) is 7.58. The fourth-order valence-corrected chi connectivity index (χ4v) is 4.16. The van der Waals surface area contributed by atoms with Crippen LogP contribution in [0.15, 0.2) is 36.4 Å². The lowest BCUT2D eigenvalue weighted by molar-refractivity contribution is 0.130. The standard InChI is InChI=1S/C19H21N3O2S/c1-3-16-12(2)17(15-9-14(10-20)25-18(15)21-16)22-19(23)24-11-13-7-5-4-6-8-13/h4-9,12,16-17,21H,3,11H2,1-2H3,(H,22,23). The third-order valence-corrected chi connectivity index (χ3v) is 5.60. The Morgan fingerprint density at radius 1 is 1.40 bits per heavy atom. The normalized spacial score (nSPS) is 21.6. The Bertz CT molecular complexity index is 782. The molecule has 3 rings (SSSR count). The molecule has 0 saturated carbocycles. The third kappa shape index (κ3) is 3.77. The van der Waals surface area contributed by atoms with Crippen LogP contribution in [0.4, 0.5) is 9.80 Å². The van der Waals surface area contributed by atoms with E-state index >= 15 is 0 Å². The molecule has 1 aromatic carbocycles. The Labute approximate surface area is 151 Å². The average Bonchev–Trinajstić information content (AvgIpc) is 3.06. The lowest BCUT2D eigenvalue weighted by Crippen LogP contribution is -2.43. The van der Waals surface area contributed by atoms with Gasteiger partial charge >= 0.3 is 6.09 Å². The van der Waals surface area contributed by atoms with Crippen LogP contribution >= 0.6 is 11.3 Å². The summed E-state index contributed by atoms with van der Waals surface area (Å²) in [6.45, 7) is 4.46. The average molecular weight is 355 g/mol. The van der Waals surface area contributed by atoms with Crippen molar-refractivity contribution in [3.63, 3.8) is 0 Å². The molecule has 0 aliphatic carbocycles. The molecule has 2 heterocycles. The highest BCUT2D eigenvalue weighted by molar-refractivity contribution is 7.16. The van der Waals surface area contributed by atoms with Crippen LogP contribution in [0.3, 0.4) is 0 Å². The fourth-order valence-electron chi connectivity index (χ4n) is 3.19. The number of nitrogens with zero attached hydrogens (tertiary/aromatic N) is 1. The van der Waals surface area contributed by atoms with Crippen molar-refractivity contribution in [3.8, 4) is 6.07 Å². The summed E-state index contributed by atoms with van der Waals surface area (Å²) in [7, 11) is 0. The second-order valence-electron chi connectivity index (χ2n) is 6.21. The molecule has 0 bridgehead atoms. The predicted molar refractivity (Wildman–Crippen MR) is 98.4 cm³/mol. The minimum Gasteiger partial charge on any atom is -0.445 e. The first-order valence-electron chi connectivity index (χ1n) is 8.40. The number of carbonyl (C=O) groups is 1. The number of alkyl carbamates (subject to hydrolysis) is 1. The number of thiophene rings is 1. The number of fused-ring (bicyclic) bond motifs is 1. The van der Waals surface area contributed by atoms with Gasteiger partial charge < -0.3 is 15.4 Å². The van der Waals surface area contributed by atoms with Crippen molar-refractivity contribution in [3.05, 3.63) is 52.4 Å². The van der Waals surface area contributed by atoms with Gasteiger partial charge in [0.2, 0.25) is 0 Å². The van der Waals surface area contributed by atoms with Crippen molar-refractivity contribution in [1.82, 2.24) is 5.32 Å². The fraction of sp³-hybridized carbons (Fsp3) is 0.368. The maximum atomic E-state index is 12.3. The molecule has 0 spiro atoms. The highest BCUT2D eigenvalue weighted by atomic mass is 32.1. The summed E-state index contributed by atoms with van der Waals surface area (Å²) in [4.78, 5) is 12.9. The van der Waals surface area contributed by atoms with Gasteiger partial charge in [0, 0.05) is 17.5 Å². The Hall–Kier alpha value is -2.52. The first-order valence-corrected chi connectivity index (χ1v) is 9.21. The number of anilines is 1. The van der Waals surface area contributed by atoms with E-state index in [4.69, 9.17) is 4.74 Å². The van der Waals surface area contributed by atoms with E-state index in [9.17, 15) is 10.1 Å². The molecule has 130 valence electrons. The molecule has 1 aliphatic rings. The van der Waals surface area contributed by atoms with Gasteiger partial charge in [-0.3, -0.25) is 0 Å². The van der Waals surface area contributed by atoms with E-state index in [1.807, 2.05) is 36.4 Å². The van der Waals surface area contributed by atoms with Crippen molar-refractivity contribution in [2.45, 2.75) is 39.0 Å². The van der Waals surface area contributed by atoms with Gasteiger partial charge in [0.25, 0.3) is 0 Å². The Morgan fingerprint density at radius 3 is 2.84 bits per heavy atom. The van der Waals surface area contributed by atoms with Crippen molar-refractivity contribution in [2.24, 2.45) is 5.92 Å². The third-order valence-electron chi connectivity index (χ3n) is 4.61. The van der Waals surface area contributed by atoms with E-state index in [1.165, 1.54) is 11.3 Å². The number of nitrogens with one attached hydrogen (secondary N) is 2. The van der Waals surface area contributed by atoms with E-state index < -0.39 is 6.09 Å². The van der Waals surface area contributed by atoms with Crippen LogP contribution in [0.2, 0.25) is 0 Å². The number of rotatable bonds is 4. The van der Waals surface area contributed by atoms with E-state index in [-0.39, 0.29) is 24.6 Å². The van der Waals surface area contributed by atoms with Gasteiger partial charge in [-0.25, -0.2) is 4.79 Å². The summed E-state index contributed by atoms with van der Waals surface area (Å²) in [5.41, 5.74) is 1.92. The lowest BCUT2D eigenvalue weighted by Gasteiger charge is -2.37. The van der Waals surface area contributed by atoms with Crippen molar-refractivity contribution < 1.29 is 9.53 Å². The molecular formula is C19H21N3O2S. The lowest BCUT2D eigenvalue weighted by atomic mass is 9.85. The largest absolute Gasteiger partial charge is 0.445 e. The van der Waals surface area contributed by atoms with E-state index in [2.05, 4.69) is 30.6 Å². The SMILES string of the molecule is CCC1Nc2sc(C#N)cc2C(NC(=O)OCc2ccccc2)C1C. The number of hydrogen-bond acceptors (Lipinski definition) is 5. The van der Waals surface area contributed by atoms with Crippen LogP contribution in [0, 0.1) is 17.2 Å². The molecule has 3 atom stereocenters. The molecule has 5 nitrogen and oxygen atoms in total. The van der Waals surface area contributed by atoms with Gasteiger partial charge in [-0.1, -0.05) is 44.2 Å². The summed E-state index contributed by atoms with van der Waals surface area (Å²) in [6, 6.07) is 13.7. The quantitative estimate of drug-likeness (QED) is 0.851. The van der Waals surface area contributed by atoms with Gasteiger partial charge in [0.05, 0.1) is 11.0 Å². The Kier molecular flexibility index (Phi) is 5.25. The highest BCUT2D eigenvalue weighted by Gasteiger charge is 2.35. The molecule has 1 aliphatic heterocycles. The van der Waals surface area contributed by atoms with Gasteiger partial charge in [0.1, 0.15) is 17.6 Å². The van der Waals surface area contributed by atoms with Crippen molar-refractivity contribution in [2.75, 3.05) is 5.32 Å². The molecule has 1 aromatic heterocycles. The van der Waals surface area contributed by atoms with Gasteiger partial charge in [0.15, 0.2) is 0 Å². The van der Waals surface area contributed by atoms with E-state index in [0.29, 0.717) is 4.88 Å². The molecule has 6 heteroatoms. The number of ether oxygens (including phenoxy) is 1. The number of hydrogen-bond donors (Lipinski definition) is 2. The minimum absolute atomic E-state index is 0.164. The molecule has 0 fully saturated rings. The van der Waals surface area contributed by atoms with Gasteiger partial charge in [-0.2, -0.15) is 5.26 Å². The van der Waals surface area contributed by atoms with Crippen LogP contribution < -0.4 is 10.6 Å². The summed E-state index contributed by atoms with van der Waals surface area (Å²) >= 11 is 1.43. The molecular weight excluding hydrogens is 334 g/mol. The maximum Gasteiger partial charge on any atom is 0.407 e. The van der Waals surface area contributed by atoms with Crippen LogP contribution in [-0.2, 0) is 11.3 Å². The first kappa shape index (κ1) is 17.3. The van der Waals surface area contributed by atoms with E-state index in [0.717, 1.165) is 22.5 Å². The Morgan fingerprint density at radius 2 is 2.16 bits per heavy atom. The van der Waals surface area contributed by atoms with Gasteiger partial charge in [-0.15, -0.1) is 11.3 Å². The molecule has 1 amide bonds. The maximum absolute atomic E-state index is 12.3. The molecule has 25 heavy (non-hydrogen) atoms. The topological polar surface area (TPSA) is 74.2 Å². The predicted octanol–water partition coefficient (Wildman–Crippen LogP) is 4.43. The second-order valence-corrected chi connectivity index (χ2v) is 7.26. The summed E-state index contributed by atoms with van der Waals surface area (Å²) in [6.07, 6.45) is 0.505. The zero-order valence-electron chi connectivity index (χ0n) is 14.3. The molecule has 2 aromatic rings. The number of amides is 1. The van der Waals surface area contributed by atoms with Crippen molar-refractivity contribution in [1.29, 1.82) is 5.26 Å². The summed E-state index contributed by atoms with van der Waals surface area (Å²) in [5.74, 6) is 0.197. The number of nitriles is 1. The summed E-state index contributed by atoms with van der Waals surface area (Å²) < 4.78 is 5.36. The molecule has 3 unspecified atom stereocenters. The smallest absolute Gasteiger partial charge is 0.407 e. The first-order chi connectivity index (χ1) is 12.1. The minimum atomic E-state index is -0.437. The number of benzene rings is 1. The molecule has 0 radical (unpaired) electrons. The van der Waals surface area contributed by atoms with Crippen LogP contribution in [-0.4, -0.2) is 12.1 Å². The van der Waals surface area contributed by atoms with Crippen LogP contribution in [0.5, 0.6) is 0 Å². The zero-order chi connectivity index (χ0) is 17.8. The summed E-state index contributed by atoms with van der Waals surface area (Å²) in [5, 5.41) is 16.6. The van der Waals surface area contributed by atoms with Crippen LogP contribution in [0.25, 0.3) is 0 Å². The molecule has 2 N–H and O–H groups in total. The van der Waals surface area contributed by atoms with Crippen molar-refractivity contribution >= 4 is 22.4 Å². The Balaban J connectivity index is 1.72. The van der Waals surface area contributed by atoms with E-state index in [1.54, 1.807) is 0 Å². The van der Waals surface area contributed by atoms with Gasteiger partial charge in [-0.05, 0) is 18.1 Å². The highest BCUT2D eigenvalue weighted by Crippen LogP contribution is 2.42. The van der Waals surface area contributed by atoms with Crippen LogP contribution in [0.1, 0.15) is 42.3 Å².